The Balaban J connectivity index is 4.45. The lowest BCUT2D eigenvalue weighted by Gasteiger charge is -2.18. The summed E-state index contributed by atoms with van der Waals surface area (Å²) in [5.74, 6) is -1.04. The standard InChI is InChI=1S/C73H118O6/c1-4-7-10-13-16-19-22-25-27-29-31-33-35-36-38-39-41-43-45-48-51-54-57-60-63-66-72(75)78-69-70(68-77-71(74)65-62-59-56-53-50-47-24-21-18-15-12-9-6-3)79-73(76)67-64-61-58-55-52-49-46-44-42-40-37-34-32-30-28-26-23-20-17-14-11-8-5-2/h7,9-10,12,16,18-19,21,25,27,30-33,36,38,41,43,47-48,50-51,56,59,70H,4-6,8,11,13-15,17,20,22-24,26,28-29,34-35,37,39-40,42,44-46,49,52-55,57-58,60-69H2,1-3H3/b10-7-,12-9-,19-16-,21-18-,27-25-,32-30-,33-31-,38-36-,43-41-,50-47-,51-48-,59-56-. The van der Waals surface area contributed by atoms with Gasteiger partial charge in [0.25, 0.3) is 0 Å². The Morgan fingerprint density at radius 1 is 0.266 bits per heavy atom. The Kier molecular flexibility index (Phi) is 61.9. The summed E-state index contributed by atoms with van der Waals surface area (Å²) >= 11 is 0. The SMILES string of the molecule is CC/C=C\C/C=C\C/C=C\C/C=C\C/C=C\C/C=C\C/C=C\CCCCCC(=O)OCC(COC(=O)CC/C=C\C/C=C\C/C=C\C/C=C\CC)OC(=O)CCCCCCCCCCCCC/C=C\CCCCCCCCCC. The maximum Gasteiger partial charge on any atom is 0.306 e. The van der Waals surface area contributed by atoms with Gasteiger partial charge in [-0.3, -0.25) is 14.4 Å². The average Bonchev–Trinajstić information content (AvgIpc) is 3.45. The number of hydrogen-bond acceptors (Lipinski definition) is 6. The van der Waals surface area contributed by atoms with Crippen LogP contribution >= 0.6 is 0 Å². The fourth-order valence-corrected chi connectivity index (χ4v) is 8.55. The second-order valence-corrected chi connectivity index (χ2v) is 20.9. The highest BCUT2D eigenvalue weighted by Crippen LogP contribution is 2.15. The molecule has 0 heterocycles. The van der Waals surface area contributed by atoms with Crippen molar-refractivity contribution in [2.75, 3.05) is 13.2 Å². The third kappa shape index (κ3) is 64.0. The van der Waals surface area contributed by atoms with Crippen LogP contribution in [0.1, 0.15) is 278 Å². The summed E-state index contributed by atoms with van der Waals surface area (Å²) in [6.45, 7) is 6.32. The smallest absolute Gasteiger partial charge is 0.306 e. The minimum atomic E-state index is -0.829. The van der Waals surface area contributed by atoms with Gasteiger partial charge in [-0.1, -0.05) is 276 Å². The monoisotopic (exact) mass is 1090 g/mol. The molecule has 0 aliphatic carbocycles. The predicted octanol–water partition coefficient (Wildman–Crippen LogP) is 22.3. The van der Waals surface area contributed by atoms with Crippen molar-refractivity contribution in [2.24, 2.45) is 0 Å². The van der Waals surface area contributed by atoms with Crippen molar-refractivity contribution >= 4 is 17.9 Å². The molecule has 6 heteroatoms. The Bertz CT molecular complexity index is 1730. The third-order valence-electron chi connectivity index (χ3n) is 13.3. The lowest BCUT2D eigenvalue weighted by atomic mass is 10.0. The van der Waals surface area contributed by atoms with Crippen molar-refractivity contribution in [3.63, 3.8) is 0 Å². The summed E-state index contributed by atoms with van der Waals surface area (Å²) in [5.41, 5.74) is 0. The molecule has 0 spiro atoms. The summed E-state index contributed by atoms with van der Waals surface area (Å²) in [7, 11) is 0. The van der Waals surface area contributed by atoms with Gasteiger partial charge in [0, 0.05) is 19.3 Å². The zero-order valence-electron chi connectivity index (χ0n) is 51.1. The highest BCUT2D eigenvalue weighted by Gasteiger charge is 2.19. The number of esters is 3. The van der Waals surface area contributed by atoms with E-state index in [1.165, 1.54) is 116 Å². The molecule has 0 aliphatic heterocycles. The van der Waals surface area contributed by atoms with Crippen LogP contribution in [0.15, 0.2) is 146 Å². The van der Waals surface area contributed by atoms with E-state index >= 15 is 0 Å². The van der Waals surface area contributed by atoms with E-state index in [1.807, 2.05) is 12.2 Å². The van der Waals surface area contributed by atoms with Crippen molar-refractivity contribution in [3.8, 4) is 0 Å². The number of ether oxygens (including phenoxy) is 3. The first-order valence-corrected chi connectivity index (χ1v) is 32.3. The first kappa shape index (κ1) is 74.3. The van der Waals surface area contributed by atoms with Crippen LogP contribution in [0.2, 0.25) is 0 Å². The minimum Gasteiger partial charge on any atom is -0.462 e. The van der Waals surface area contributed by atoms with Crippen molar-refractivity contribution in [2.45, 2.75) is 284 Å². The quantitative estimate of drug-likeness (QED) is 0.0261. The fourth-order valence-electron chi connectivity index (χ4n) is 8.55. The molecule has 0 aromatic carbocycles. The maximum atomic E-state index is 12.9. The van der Waals surface area contributed by atoms with Gasteiger partial charge in [0.2, 0.25) is 0 Å². The molecule has 0 aromatic heterocycles. The zero-order valence-corrected chi connectivity index (χ0v) is 51.1. The van der Waals surface area contributed by atoms with Gasteiger partial charge in [-0.2, -0.15) is 0 Å². The van der Waals surface area contributed by atoms with Crippen LogP contribution < -0.4 is 0 Å². The summed E-state index contributed by atoms with van der Waals surface area (Å²) in [6.07, 6.45) is 94.5. The van der Waals surface area contributed by atoms with Crippen molar-refractivity contribution < 1.29 is 28.6 Å². The van der Waals surface area contributed by atoms with E-state index in [4.69, 9.17) is 14.2 Å². The third-order valence-corrected chi connectivity index (χ3v) is 13.3. The molecule has 0 aliphatic rings. The van der Waals surface area contributed by atoms with Crippen molar-refractivity contribution in [1.29, 1.82) is 0 Å². The topological polar surface area (TPSA) is 78.9 Å². The molecule has 79 heavy (non-hydrogen) atoms. The molecule has 0 fully saturated rings. The van der Waals surface area contributed by atoms with Crippen LogP contribution in [-0.2, 0) is 28.6 Å². The summed E-state index contributed by atoms with van der Waals surface area (Å²) < 4.78 is 16.8. The number of carbonyl (C=O) groups excluding carboxylic acids is 3. The number of carbonyl (C=O) groups is 3. The van der Waals surface area contributed by atoms with Gasteiger partial charge in [0.1, 0.15) is 13.2 Å². The first-order chi connectivity index (χ1) is 39.0. The number of hydrogen-bond donors (Lipinski definition) is 0. The van der Waals surface area contributed by atoms with Crippen LogP contribution in [0.4, 0.5) is 0 Å². The largest absolute Gasteiger partial charge is 0.462 e. The predicted molar refractivity (Wildman–Crippen MR) is 343 cm³/mol. The maximum absolute atomic E-state index is 12.9. The normalized spacial score (nSPS) is 13.1. The molecule has 0 amide bonds. The molecule has 6 nitrogen and oxygen atoms in total. The Hall–Kier alpha value is -4.71. The Morgan fingerprint density at radius 3 is 0.873 bits per heavy atom. The van der Waals surface area contributed by atoms with Gasteiger partial charge in [-0.25, -0.2) is 0 Å². The lowest BCUT2D eigenvalue weighted by molar-refractivity contribution is -0.166. The molecule has 0 saturated carbocycles. The molecule has 1 atom stereocenters. The van der Waals surface area contributed by atoms with Gasteiger partial charge < -0.3 is 14.2 Å². The molecule has 0 bridgehead atoms. The van der Waals surface area contributed by atoms with Crippen LogP contribution in [0.25, 0.3) is 0 Å². The highest BCUT2D eigenvalue weighted by atomic mass is 16.6. The fraction of sp³-hybridized carbons (Fsp3) is 0.630. The summed E-state index contributed by atoms with van der Waals surface area (Å²) in [4.78, 5) is 38.3. The van der Waals surface area contributed by atoms with Crippen LogP contribution in [0.3, 0.4) is 0 Å². The van der Waals surface area contributed by atoms with E-state index in [0.717, 1.165) is 116 Å². The molecule has 0 N–H and O–H groups in total. The number of allylic oxidation sites excluding steroid dienone is 24. The van der Waals surface area contributed by atoms with E-state index in [2.05, 4.69) is 154 Å². The van der Waals surface area contributed by atoms with Crippen LogP contribution in [0, 0.1) is 0 Å². The van der Waals surface area contributed by atoms with E-state index in [1.54, 1.807) is 0 Å². The molecular formula is C73H118O6. The highest BCUT2D eigenvalue weighted by molar-refractivity contribution is 5.71. The van der Waals surface area contributed by atoms with Gasteiger partial charge in [-0.15, -0.1) is 0 Å². The summed E-state index contributed by atoms with van der Waals surface area (Å²) in [5, 5.41) is 0. The van der Waals surface area contributed by atoms with Crippen molar-refractivity contribution in [1.82, 2.24) is 0 Å². The van der Waals surface area contributed by atoms with E-state index in [-0.39, 0.29) is 37.5 Å². The van der Waals surface area contributed by atoms with Crippen LogP contribution in [-0.4, -0.2) is 37.2 Å². The second-order valence-electron chi connectivity index (χ2n) is 20.9. The first-order valence-electron chi connectivity index (χ1n) is 32.3. The van der Waals surface area contributed by atoms with Crippen LogP contribution in [0.5, 0.6) is 0 Å². The van der Waals surface area contributed by atoms with Gasteiger partial charge in [0.05, 0.1) is 0 Å². The Morgan fingerprint density at radius 2 is 0.519 bits per heavy atom. The lowest BCUT2D eigenvalue weighted by Crippen LogP contribution is -2.30. The molecule has 1 unspecified atom stereocenters. The molecular weight excluding hydrogens is 973 g/mol. The molecule has 0 aromatic rings. The van der Waals surface area contributed by atoms with Crippen molar-refractivity contribution in [3.05, 3.63) is 146 Å². The van der Waals surface area contributed by atoms with Gasteiger partial charge >= 0.3 is 17.9 Å². The average molecular weight is 1090 g/mol. The van der Waals surface area contributed by atoms with E-state index in [0.29, 0.717) is 19.3 Å². The van der Waals surface area contributed by atoms with Gasteiger partial charge in [0.15, 0.2) is 6.10 Å². The van der Waals surface area contributed by atoms with E-state index in [9.17, 15) is 14.4 Å². The molecule has 0 radical (unpaired) electrons. The number of rotatable bonds is 57. The molecule has 446 valence electrons. The van der Waals surface area contributed by atoms with E-state index < -0.39 is 6.10 Å². The van der Waals surface area contributed by atoms with Gasteiger partial charge in [-0.05, 0) is 128 Å². The summed E-state index contributed by atoms with van der Waals surface area (Å²) in [6, 6.07) is 0. The minimum absolute atomic E-state index is 0.123. The zero-order chi connectivity index (χ0) is 57.1. The Labute approximate surface area is 487 Å². The second kappa shape index (κ2) is 65.8. The molecule has 0 saturated heterocycles. The number of unbranched alkanes of at least 4 members (excludes halogenated alkanes) is 22. The molecule has 0 rings (SSSR count).